The highest BCUT2D eigenvalue weighted by molar-refractivity contribution is 7.89. The van der Waals surface area contributed by atoms with Crippen LogP contribution in [0.25, 0.3) is 0 Å². The van der Waals surface area contributed by atoms with Gasteiger partial charge in [0.1, 0.15) is 0 Å². The van der Waals surface area contributed by atoms with Crippen molar-refractivity contribution in [3.63, 3.8) is 0 Å². The summed E-state index contributed by atoms with van der Waals surface area (Å²) in [4.78, 5) is 10.5. The molecular formula is C12H19NO4S. The molecule has 1 aromatic heterocycles. The van der Waals surface area contributed by atoms with Crippen LogP contribution in [-0.2, 0) is 10.0 Å². The van der Waals surface area contributed by atoms with Crippen LogP contribution in [0.2, 0.25) is 0 Å². The number of rotatable bonds is 6. The first-order valence-electron chi connectivity index (χ1n) is 5.86. The summed E-state index contributed by atoms with van der Waals surface area (Å²) >= 11 is 0. The van der Waals surface area contributed by atoms with Crippen LogP contribution in [0.5, 0.6) is 0 Å². The molecule has 0 amide bonds. The number of nitrogens with zero attached hydrogens (tertiary/aromatic N) is 1. The first-order valence-corrected chi connectivity index (χ1v) is 7.30. The topological polar surface area (TPSA) is 67.6 Å². The van der Waals surface area contributed by atoms with Gasteiger partial charge in [-0.15, -0.1) is 0 Å². The molecule has 1 rings (SSSR count). The Morgan fingerprint density at radius 1 is 1.28 bits per heavy atom. The highest BCUT2D eigenvalue weighted by Crippen LogP contribution is 2.21. The monoisotopic (exact) mass is 273 g/mol. The van der Waals surface area contributed by atoms with Gasteiger partial charge in [0.25, 0.3) is 10.0 Å². The van der Waals surface area contributed by atoms with Gasteiger partial charge in [-0.05, 0) is 31.9 Å². The van der Waals surface area contributed by atoms with E-state index in [1.807, 2.05) is 27.7 Å². The van der Waals surface area contributed by atoms with Crippen LogP contribution in [0.3, 0.4) is 0 Å². The number of furan rings is 1. The van der Waals surface area contributed by atoms with E-state index in [4.69, 9.17) is 4.42 Å². The first kappa shape index (κ1) is 14.9. The molecule has 0 N–H and O–H groups in total. The lowest BCUT2D eigenvalue weighted by atomic mass is 10.2. The van der Waals surface area contributed by atoms with Crippen molar-refractivity contribution in [1.29, 1.82) is 0 Å². The third kappa shape index (κ3) is 3.20. The molecule has 0 fully saturated rings. The Hall–Kier alpha value is -1.14. The van der Waals surface area contributed by atoms with Gasteiger partial charge in [-0.1, -0.05) is 13.8 Å². The average molecular weight is 273 g/mol. The first-order chi connectivity index (χ1) is 8.28. The molecule has 0 atom stereocenters. The SMILES string of the molecule is CC(C)CN(C(C)C)S(=O)(=O)c1ccc(C=O)o1. The second-order valence-electron chi connectivity index (χ2n) is 4.84. The van der Waals surface area contributed by atoms with Crippen LogP contribution >= 0.6 is 0 Å². The lowest BCUT2D eigenvalue weighted by Gasteiger charge is -2.26. The molecular weight excluding hydrogens is 254 g/mol. The smallest absolute Gasteiger partial charge is 0.276 e. The van der Waals surface area contributed by atoms with Gasteiger partial charge in [0.2, 0.25) is 5.09 Å². The van der Waals surface area contributed by atoms with Gasteiger partial charge in [-0.2, -0.15) is 4.31 Å². The Morgan fingerprint density at radius 2 is 1.89 bits per heavy atom. The fourth-order valence-electron chi connectivity index (χ4n) is 1.60. The van der Waals surface area contributed by atoms with E-state index >= 15 is 0 Å². The number of sulfonamides is 1. The van der Waals surface area contributed by atoms with Crippen LogP contribution in [0.4, 0.5) is 0 Å². The van der Waals surface area contributed by atoms with Gasteiger partial charge >= 0.3 is 0 Å². The summed E-state index contributed by atoms with van der Waals surface area (Å²) in [6.45, 7) is 7.93. The van der Waals surface area contributed by atoms with Gasteiger partial charge in [0, 0.05) is 12.6 Å². The molecule has 1 aromatic rings. The maximum atomic E-state index is 12.4. The third-order valence-corrected chi connectivity index (χ3v) is 4.32. The summed E-state index contributed by atoms with van der Waals surface area (Å²) in [5.41, 5.74) is 0. The van der Waals surface area contributed by atoms with E-state index in [9.17, 15) is 13.2 Å². The van der Waals surface area contributed by atoms with Gasteiger partial charge in [0.05, 0.1) is 0 Å². The molecule has 0 radical (unpaired) electrons. The van der Waals surface area contributed by atoms with Crippen molar-refractivity contribution in [3.05, 3.63) is 17.9 Å². The second kappa shape index (κ2) is 5.67. The van der Waals surface area contributed by atoms with Crippen LogP contribution in [-0.4, -0.2) is 31.6 Å². The van der Waals surface area contributed by atoms with E-state index in [2.05, 4.69) is 0 Å². The molecule has 0 unspecified atom stereocenters. The Bertz CT molecular complexity index is 502. The minimum atomic E-state index is -3.68. The van der Waals surface area contributed by atoms with Crippen molar-refractivity contribution in [1.82, 2.24) is 4.31 Å². The molecule has 0 saturated heterocycles. The Kier molecular flexibility index (Phi) is 4.70. The molecule has 0 aliphatic rings. The van der Waals surface area contributed by atoms with Crippen LogP contribution in [0.15, 0.2) is 21.6 Å². The normalized spacial score (nSPS) is 12.6. The van der Waals surface area contributed by atoms with E-state index in [1.165, 1.54) is 16.4 Å². The quantitative estimate of drug-likeness (QED) is 0.745. The number of hydrogen-bond acceptors (Lipinski definition) is 4. The summed E-state index contributed by atoms with van der Waals surface area (Å²) in [7, 11) is -3.68. The molecule has 6 heteroatoms. The van der Waals surface area contributed by atoms with Crippen molar-refractivity contribution in [2.45, 2.75) is 38.8 Å². The molecule has 0 saturated carbocycles. The van der Waals surface area contributed by atoms with Gasteiger partial charge in [-0.3, -0.25) is 4.79 Å². The van der Waals surface area contributed by atoms with Crippen LogP contribution < -0.4 is 0 Å². The highest BCUT2D eigenvalue weighted by atomic mass is 32.2. The number of aldehydes is 1. The van der Waals surface area contributed by atoms with Crippen LogP contribution in [0, 0.1) is 5.92 Å². The molecule has 5 nitrogen and oxygen atoms in total. The van der Waals surface area contributed by atoms with E-state index in [0.717, 1.165) is 0 Å². The van der Waals surface area contributed by atoms with Crippen molar-refractivity contribution in [2.75, 3.05) is 6.54 Å². The maximum absolute atomic E-state index is 12.4. The standard InChI is InChI=1S/C12H19NO4S/c1-9(2)7-13(10(3)4)18(15,16)12-6-5-11(8-14)17-12/h5-6,8-10H,7H2,1-4H3. The lowest BCUT2D eigenvalue weighted by molar-refractivity contribution is 0.109. The maximum Gasteiger partial charge on any atom is 0.276 e. The molecule has 0 bridgehead atoms. The Morgan fingerprint density at radius 3 is 2.28 bits per heavy atom. The Labute approximate surface area is 108 Å². The van der Waals surface area contributed by atoms with Crippen molar-refractivity contribution < 1.29 is 17.6 Å². The number of hydrogen-bond donors (Lipinski definition) is 0. The third-order valence-electron chi connectivity index (χ3n) is 2.40. The second-order valence-corrected chi connectivity index (χ2v) is 6.66. The highest BCUT2D eigenvalue weighted by Gasteiger charge is 2.30. The molecule has 18 heavy (non-hydrogen) atoms. The zero-order chi connectivity index (χ0) is 13.9. The van der Waals surface area contributed by atoms with Crippen molar-refractivity contribution >= 4 is 16.3 Å². The summed E-state index contributed by atoms with van der Waals surface area (Å²) < 4.78 is 31.1. The van der Waals surface area contributed by atoms with Gasteiger partial charge < -0.3 is 4.42 Å². The van der Waals surface area contributed by atoms with E-state index in [-0.39, 0.29) is 22.8 Å². The molecule has 1 heterocycles. The zero-order valence-electron chi connectivity index (χ0n) is 11.1. The minimum absolute atomic E-state index is 0.0156. The zero-order valence-corrected chi connectivity index (χ0v) is 11.9. The van der Waals surface area contributed by atoms with E-state index in [1.54, 1.807) is 0 Å². The number of carbonyl (C=O) groups is 1. The molecule has 0 aromatic carbocycles. The minimum Gasteiger partial charge on any atom is -0.440 e. The van der Waals surface area contributed by atoms with Gasteiger partial charge in [0.15, 0.2) is 12.0 Å². The summed E-state index contributed by atoms with van der Waals surface area (Å²) in [6, 6.07) is 2.50. The summed E-state index contributed by atoms with van der Waals surface area (Å²) in [5.74, 6) is 0.226. The molecule has 0 aliphatic carbocycles. The fourth-order valence-corrected chi connectivity index (χ4v) is 3.32. The van der Waals surface area contributed by atoms with Gasteiger partial charge in [-0.25, -0.2) is 8.42 Å². The predicted molar refractivity (Wildman–Crippen MR) is 68.0 cm³/mol. The number of carbonyl (C=O) groups excluding carboxylic acids is 1. The summed E-state index contributed by atoms with van der Waals surface area (Å²) in [5, 5.41) is -0.182. The van der Waals surface area contributed by atoms with Crippen molar-refractivity contribution in [3.8, 4) is 0 Å². The lowest BCUT2D eigenvalue weighted by Crippen LogP contribution is -2.39. The Balaban J connectivity index is 3.12. The largest absolute Gasteiger partial charge is 0.440 e. The molecule has 0 spiro atoms. The summed E-state index contributed by atoms with van der Waals surface area (Å²) in [6.07, 6.45) is 0.487. The van der Waals surface area contributed by atoms with E-state index in [0.29, 0.717) is 12.8 Å². The fraction of sp³-hybridized carbons (Fsp3) is 0.583. The predicted octanol–water partition coefficient (Wildman–Crippen LogP) is 2.15. The molecule has 102 valence electrons. The average Bonchev–Trinajstić information content (AvgIpc) is 2.74. The molecule has 0 aliphatic heterocycles. The van der Waals surface area contributed by atoms with Crippen LogP contribution in [0.1, 0.15) is 38.2 Å². The van der Waals surface area contributed by atoms with Crippen molar-refractivity contribution in [2.24, 2.45) is 5.92 Å². The van der Waals surface area contributed by atoms with E-state index < -0.39 is 10.0 Å².